The third kappa shape index (κ3) is 3.85. The summed E-state index contributed by atoms with van der Waals surface area (Å²) in [6.45, 7) is 0. The third-order valence-corrected chi connectivity index (χ3v) is 1.04. The minimum atomic E-state index is -4.58. The number of halogens is 3. The van der Waals surface area contributed by atoms with Crippen molar-refractivity contribution in [3.05, 3.63) is 11.8 Å². The monoisotopic (exact) mass is 183 g/mol. The van der Waals surface area contributed by atoms with Crippen molar-refractivity contribution < 1.29 is 22.7 Å². The predicted molar refractivity (Wildman–Crippen MR) is 35.0 cm³/mol. The molecule has 0 atom stereocenters. The van der Waals surface area contributed by atoms with E-state index in [2.05, 4.69) is 10.5 Å². The van der Waals surface area contributed by atoms with Gasteiger partial charge in [-0.15, -0.1) is 0 Å². The molecule has 0 aliphatic rings. The molecule has 0 saturated heterocycles. The summed E-state index contributed by atoms with van der Waals surface area (Å²) in [6, 6.07) is 0. The third-order valence-electron chi connectivity index (χ3n) is 1.04. The number of methoxy groups -OCH3 is 1. The summed E-state index contributed by atoms with van der Waals surface area (Å²) in [5, 5.41) is 0. The Kier molecular flexibility index (Phi) is 3.59. The zero-order valence-electron chi connectivity index (χ0n) is 6.31. The summed E-state index contributed by atoms with van der Waals surface area (Å²) in [5.74, 6) is -0.762. The number of esters is 1. The van der Waals surface area contributed by atoms with E-state index in [1.807, 2.05) is 0 Å². The van der Waals surface area contributed by atoms with Gasteiger partial charge >= 0.3 is 12.1 Å². The Balaban J connectivity index is 4.11. The molecule has 0 unspecified atom stereocenters. The second-order valence-electron chi connectivity index (χ2n) is 1.94. The molecule has 0 aliphatic carbocycles. The highest BCUT2D eigenvalue weighted by molar-refractivity contribution is 5.71. The molecule has 0 saturated carbocycles. The minimum absolute atomic E-state index is 0.470. The maximum Gasteiger partial charge on any atom is 0.430 e. The van der Waals surface area contributed by atoms with Gasteiger partial charge in [-0.3, -0.25) is 4.79 Å². The van der Waals surface area contributed by atoms with Gasteiger partial charge in [0.05, 0.1) is 13.5 Å². The van der Waals surface area contributed by atoms with Crippen LogP contribution < -0.4 is 5.73 Å². The number of carbonyl (C=O) groups excluding carboxylic acids is 1. The first-order chi connectivity index (χ1) is 5.38. The molecule has 0 rings (SSSR count). The van der Waals surface area contributed by atoms with Crippen molar-refractivity contribution in [3.63, 3.8) is 0 Å². The molecule has 6 heteroatoms. The zero-order valence-corrected chi connectivity index (χ0v) is 6.31. The molecule has 0 spiro atoms. The Bertz CT molecular complexity index is 197. The van der Waals surface area contributed by atoms with Crippen LogP contribution in [0.1, 0.15) is 6.42 Å². The SMILES string of the molecule is COC(=O)CC=C(N)C(F)(F)F. The molecule has 70 valence electrons. The Labute approximate surface area is 67.0 Å². The number of carbonyl (C=O) groups is 1. The summed E-state index contributed by atoms with van der Waals surface area (Å²) in [4.78, 5) is 10.4. The first-order valence-electron chi connectivity index (χ1n) is 2.97. The molecule has 0 bridgehead atoms. The van der Waals surface area contributed by atoms with Crippen LogP contribution in [0.2, 0.25) is 0 Å². The summed E-state index contributed by atoms with van der Waals surface area (Å²) >= 11 is 0. The molecular formula is C6H8F3NO2. The van der Waals surface area contributed by atoms with Crippen LogP contribution >= 0.6 is 0 Å². The lowest BCUT2D eigenvalue weighted by molar-refractivity contribution is -0.139. The van der Waals surface area contributed by atoms with E-state index in [0.717, 1.165) is 7.11 Å². The molecule has 0 heterocycles. The van der Waals surface area contributed by atoms with Gasteiger partial charge in [-0.2, -0.15) is 13.2 Å². The van der Waals surface area contributed by atoms with Gasteiger partial charge in [0.2, 0.25) is 0 Å². The molecule has 0 amide bonds. The Hall–Kier alpha value is -1.20. The van der Waals surface area contributed by atoms with Gasteiger partial charge in [-0.1, -0.05) is 0 Å². The standard InChI is InChI=1S/C6H8F3NO2/c1-12-5(11)3-2-4(10)6(7,8)9/h2H,3,10H2,1H3. The molecular weight excluding hydrogens is 175 g/mol. The van der Waals surface area contributed by atoms with E-state index in [1.165, 1.54) is 0 Å². The number of rotatable bonds is 2. The lowest BCUT2D eigenvalue weighted by Gasteiger charge is -2.04. The van der Waals surface area contributed by atoms with Crippen LogP contribution in [0.5, 0.6) is 0 Å². The molecule has 0 aliphatic heterocycles. The summed E-state index contributed by atoms with van der Waals surface area (Å²) < 4.78 is 39.1. The van der Waals surface area contributed by atoms with E-state index in [4.69, 9.17) is 0 Å². The summed E-state index contributed by atoms with van der Waals surface area (Å²) in [6.07, 6.45) is -4.47. The van der Waals surface area contributed by atoms with Gasteiger partial charge in [0.25, 0.3) is 0 Å². The molecule has 3 nitrogen and oxygen atoms in total. The number of ether oxygens (including phenoxy) is 1. The molecule has 0 aromatic heterocycles. The average molecular weight is 183 g/mol. The van der Waals surface area contributed by atoms with Crippen LogP contribution in [-0.4, -0.2) is 19.3 Å². The molecule has 0 fully saturated rings. The van der Waals surface area contributed by atoms with Crippen molar-refractivity contribution in [1.29, 1.82) is 0 Å². The number of alkyl halides is 3. The van der Waals surface area contributed by atoms with Crippen LogP contribution in [0.3, 0.4) is 0 Å². The highest BCUT2D eigenvalue weighted by Crippen LogP contribution is 2.21. The van der Waals surface area contributed by atoms with Gasteiger partial charge in [-0.25, -0.2) is 0 Å². The van der Waals surface area contributed by atoms with Gasteiger partial charge in [-0.05, 0) is 6.08 Å². The molecule has 2 N–H and O–H groups in total. The topological polar surface area (TPSA) is 52.3 Å². The molecule has 0 aromatic rings. The van der Waals surface area contributed by atoms with Crippen molar-refractivity contribution in [2.24, 2.45) is 5.73 Å². The van der Waals surface area contributed by atoms with Crippen molar-refractivity contribution >= 4 is 5.97 Å². The minimum Gasteiger partial charge on any atom is -0.469 e. The fraction of sp³-hybridized carbons (Fsp3) is 0.500. The predicted octanol–water partition coefficient (Wildman–Crippen LogP) is 0.954. The normalized spacial score (nSPS) is 12.8. The van der Waals surface area contributed by atoms with Crippen LogP contribution in [0.25, 0.3) is 0 Å². The van der Waals surface area contributed by atoms with Crippen molar-refractivity contribution in [3.8, 4) is 0 Å². The number of nitrogens with two attached hydrogens (primary N) is 1. The van der Waals surface area contributed by atoms with Gasteiger partial charge < -0.3 is 10.5 Å². The Morgan fingerprint density at radius 3 is 2.42 bits per heavy atom. The van der Waals surface area contributed by atoms with E-state index in [0.29, 0.717) is 6.08 Å². The van der Waals surface area contributed by atoms with E-state index in [-0.39, 0.29) is 0 Å². The fourth-order valence-corrected chi connectivity index (χ4v) is 0.392. The largest absolute Gasteiger partial charge is 0.469 e. The quantitative estimate of drug-likeness (QED) is 0.648. The maximum absolute atomic E-state index is 11.7. The maximum atomic E-state index is 11.7. The van der Waals surface area contributed by atoms with E-state index >= 15 is 0 Å². The van der Waals surface area contributed by atoms with E-state index in [1.54, 1.807) is 0 Å². The fourth-order valence-electron chi connectivity index (χ4n) is 0.392. The second kappa shape index (κ2) is 3.99. The van der Waals surface area contributed by atoms with Gasteiger partial charge in [0.15, 0.2) is 0 Å². The number of allylic oxidation sites excluding steroid dienone is 1. The van der Waals surface area contributed by atoms with Gasteiger partial charge in [0.1, 0.15) is 5.70 Å². The molecule has 0 aromatic carbocycles. The first-order valence-corrected chi connectivity index (χ1v) is 2.97. The van der Waals surface area contributed by atoms with E-state index < -0.39 is 24.3 Å². The molecule has 12 heavy (non-hydrogen) atoms. The highest BCUT2D eigenvalue weighted by atomic mass is 19.4. The van der Waals surface area contributed by atoms with E-state index in [9.17, 15) is 18.0 Å². The summed E-state index contributed by atoms with van der Waals surface area (Å²) in [5.41, 5.74) is 3.30. The Morgan fingerprint density at radius 1 is 1.58 bits per heavy atom. The lowest BCUT2D eigenvalue weighted by Crippen LogP contribution is -2.19. The number of hydrogen-bond donors (Lipinski definition) is 1. The highest BCUT2D eigenvalue weighted by Gasteiger charge is 2.31. The van der Waals surface area contributed by atoms with Crippen LogP contribution in [0.15, 0.2) is 11.8 Å². The second-order valence-corrected chi connectivity index (χ2v) is 1.94. The van der Waals surface area contributed by atoms with Crippen molar-refractivity contribution in [2.75, 3.05) is 7.11 Å². The zero-order chi connectivity index (χ0) is 9.78. The molecule has 0 radical (unpaired) electrons. The lowest BCUT2D eigenvalue weighted by atomic mass is 10.3. The smallest absolute Gasteiger partial charge is 0.430 e. The van der Waals surface area contributed by atoms with Crippen LogP contribution in [-0.2, 0) is 9.53 Å². The number of hydrogen-bond acceptors (Lipinski definition) is 3. The Morgan fingerprint density at radius 2 is 2.08 bits per heavy atom. The first kappa shape index (κ1) is 10.8. The van der Waals surface area contributed by atoms with Crippen molar-refractivity contribution in [2.45, 2.75) is 12.6 Å². The van der Waals surface area contributed by atoms with Crippen LogP contribution in [0.4, 0.5) is 13.2 Å². The summed E-state index contributed by atoms with van der Waals surface area (Å²) in [7, 11) is 1.08. The van der Waals surface area contributed by atoms with Gasteiger partial charge in [0, 0.05) is 0 Å². The van der Waals surface area contributed by atoms with Crippen molar-refractivity contribution in [1.82, 2.24) is 0 Å². The average Bonchev–Trinajstić information content (AvgIpc) is 1.97. The van der Waals surface area contributed by atoms with Crippen LogP contribution in [0, 0.1) is 0 Å².